The predicted octanol–water partition coefficient (Wildman–Crippen LogP) is -0.944. The number of nitrogens with zero attached hydrogens (tertiary/aromatic N) is 3. The molecule has 0 saturated heterocycles. The van der Waals surface area contributed by atoms with Gasteiger partial charge in [-0.2, -0.15) is 15.0 Å². The lowest BCUT2D eigenvalue weighted by Crippen LogP contribution is -2.14. The van der Waals surface area contributed by atoms with Crippen LogP contribution in [-0.4, -0.2) is 15.0 Å². The number of nitrogen functional groups attached to an aromatic ring is 2. The van der Waals surface area contributed by atoms with E-state index in [-0.39, 0.29) is 17.9 Å². The van der Waals surface area contributed by atoms with Crippen molar-refractivity contribution in [2.75, 3.05) is 11.5 Å². The van der Waals surface area contributed by atoms with E-state index in [9.17, 15) is 0 Å². The van der Waals surface area contributed by atoms with Crippen LogP contribution in [0.15, 0.2) is 0 Å². The first-order valence-corrected chi connectivity index (χ1v) is 3.12. The number of hydrogen-bond acceptors (Lipinski definition) is 6. The highest BCUT2D eigenvalue weighted by molar-refractivity contribution is 5.26. The summed E-state index contributed by atoms with van der Waals surface area (Å²) in [4.78, 5) is 11.2. The summed E-state index contributed by atoms with van der Waals surface area (Å²) in [6.07, 6.45) is 0. The lowest BCUT2D eigenvalue weighted by Gasteiger charge is -2.03. The van der Waals surface area contributed by atoms with Gasteiger partial charge in [0.1, 0.15) is 0 Å². The van der Waals surface area contributed by atoms with Crippen LogP contribution in [0.3, 0.4) is 0 Å². The summed E-state index contributed by atoms with van der Waals surface area (Å²) in [5.74, 6) is 0.615. The Morgan fingerprint density at radius 3 is 1.91 bits per heavy atom. The number of nitrogens with two attached hydrogens (primary N) is 3. The molecule has 0 unspecified atom stereocenters. The Bertz CT molecular complexity index is 237. The van der Waals surface area contributed by atoms with Crippen molar-refractivity contribution in [3.05, 3.63) is 5.82 Å². The molecule has 0 aromatic carbocycles. The minimum Gasteiger partial charge on any atom is -0.368 e. The molecular weight excluding hydrogens is 144 g/mol. The molecule has 1 aromatic rings. The van der Waals surface area contributed by atoms with Crippen LogP contribution in [0.1, 0.15) is 18.8 Å². The fourth-order valence-corrected chi connectivity index (χ4v) is 0.631. The van der Waals surface area contributed by atoms with Crippen molar-refractivity contribution in [1.82, 2.24) is 15.0 Å². The van der Waals surface area contributed by atoms with Crippen LogP contribution in [0.5, 0.6) is 0 Å². The van der Waals surface area contributed by atoms with E-state index in [1.54, 1.807) is 6.92 Å². The molecule has 0 aliphatic rings. The van der Waals surface area contributed by atoms with Gasteiger partial charge in [0.2, 0.25) is 11.9 Å². The van der Waals surface area contributed by atoms with Gasteiger partial charge in [-0.25, -0.2) is 0 Å². The molecule has 6 N–H and O–H groups in total. The molecule has 6 nitrogen and oxygen atoms in total. The molecular formula is C5H10N6. The quantitative estimate of drug-likeness (QED) is 0.480. The highest BCUT2D eigenvalue weighted by Crippen LogP contribution is 2.04. The van der Waals surface area contributed by atoms with Crippen LogP contribution in [0, 0.1) is 0 Å². The molecule has 0 aliphatic heterocycles. The van der Waals surface area contributed by atoms with Gasteiger partial charge in [0.15, 0.2) is 5.82 Å². The fourth-order valence-electron chi connectivity index (χ4n) is 0.631. The van der Waals surface area contributed by atoms with Gasteiger partial charge in [-0.15, -0.1) is 0 Å². The van der Waals surface area contributed by atoms with Gasteiger partial charge in [-0.3, -0.25) is 0 Å². The van der Waals surface area contributed by atoms with Gasteiger partial charge in [0.25, 0.3) is 0 Å². The molecule has 1 heterocycles. The Balaban J connectivity index is 3.08. The zero-order chi connectivity index (χ0) is 8.43. The third-order valence-electron chi connectivity index (χ3n) is 1.09. The molecule has 0 fully saturated rings. The van der Waals surface area contributed by atoms with E-state index in [2.05, 4.69) is 15.0 Å². The van der Waals surface area contributed by atoms with Crippen molar-refractivity contribution < 1.29 is 0 Å². The zero-order valence-corrected chi connectivity index (χ0v) is 6.15. The maximum Gasteiger partial charge on any atom is 0.225 e. The minimum atomic E-state index is -0.275. The van der Waals surface area contributed by atoms with Crippen LogP contribution in [0.4, 0.5) is 11.9 Å². The second-order valence-electron chi connectivity index (χ2n) is 2.20. The van der Waals surface area contributed by atoms with E-state index in [4.69, 9.17) is 17.2 Å². The van der Waals surface area contributed by atoms with Crippen LogP contribution in [0.25, 0.3) is 0 Å². The predicted molar refractivity (Wildman–Crippen MR) is 41.3 cm³/mol. The summed E-state index contributed by atoms with van der Waals surface area (Å²) < 4.78 is 0. The van der Waals surface area contributed by atoms with Gasteiger partial charge >= 0.3 is 0 Å². The van der Waals surface area contributed by atoms with Gasteiger partial charge in [0.05, 0.1) is 6.04 Å². The highest BCUT2D eigenvalue weighted by Gasteiger charge is 2.04. The number of rotatable bonds is 1. The molecule has 1 rings (SSSR count). The van der Waals surface area contributed by atoms with Crippen molar-refractivity contribution in [3.8, 4) is 0 Å². The number of aromatic nitrogens is 3. The molecule has 1 atom stereocenters. The van der Waals surface area contributed by atoms with Gasteiger partial charge in [0, 0.05) is 0 Å². The van der Waals surface area contributed by atoms with Crippen LogP contribution < -0.4 is 17.2 Å². The Kier molecular flexibility index (Phi) is 1.86. The van der Waals surface area contributed by atoms with E-state index < -0.39 is 0 Å². The molecule has 0 radical (unpaired) electrons. The Morgan fingerprint density at radius 1 is 1.09 bits per heavy atom. The van der Waals surface area contributed by atoms with Crippen molar-refractivity contribution >= 4 is 11.9 Å². The summed E-state index contributed by atoms with van der Waals surface area (Å²) in [7, 11) is 0. The van der Waals surface area contributed by atoms with Crippen LogP contribution >= 0.6 is 0 Å². The minimum absolute atomic E-state index is 0.102. The summed E-state index contributed by atoms with van der Waals surface area (Å²) in [6, 6.07) is -0.275. The molecule has 0 aliphatic carbocycles. The van der Waals surface area contributed by atoms with Crippen molar-refractivity contribution in [1.29, 1.82) is 0 Å². The molecule has 6 heteroatoms. The summed E-state index contributed by atoms with van der Waals surface area (Å²) in [5.41, 5.74) is 16.1. The molecule has 11 heavy (non-hydrogen) atoms. The molecule has 0 amide bonds. The smallest absolute Gasteiger partial charge is 0.225 e. The Hall–Kier alpha value is -1.43. The largest absolute Gasteiger partial charge is 0.368 e. The standard InChI is InChI=1S/C5H10N6/c1-2(6)3-9-4(7)11-5(8)10-3/h2H,6H2,1H3,(H4,7,8,9,10,11)/t2-/m1/s1. The molecule has 1 aromatic heterocycles. The van der Waals surface area contributed by atoms with E-state index in [1.165, 1.54) is 0 Å². The average molecular weight is 154 g/mol. The zero-order valence-electron chi connectivity index (χ0n) is 6.15. The van der Waals surface area contributed by atoms with Gasteiger partial charge in [-0.1, -0.05) is 0 Å². The first-order valence-electron chi connectivity index (χ1n) is 3.12. The molecule has 60 valence electrons. The van der Waals surface area contributed by atoms with Crippen LogP contribution in [-0.2, 0) is 0 Å². The van der Waals surface area contributed by atoms with Crippen LogP contribution in [0.2, 0.25) is 0 Å². The lowest BCUT2D eigenvalue weighted by atomic mass is 10.3. The van der Waals surface area contributed by atoms with E-state index in [1.807, 2.05) is 0 Å². The summed E-state index contributed by atoms with van der Waals surface area (Å²) in [6.45, 7) is 1.74. The van der Waals surface area contributed by atoms with Gasteiger partial charge < -0.3 is 17.2 Å². The normalized spacial score (nSPS) is 12.9. The fraction of sp³-hybridized carbons (Fsp3) is 0.400. The average Bonchev–Trinajstić information content (AvgIpc) is 1.85. The Morgan fingerprint density at radius 2 is 1.55 bits per heavy atom. The van der Waals surface area contributed by atoms with Crippen molar-refractivity contribution in [2.24, 2.45) is 5.73 Å². The third kappa shape index (κ3) is 1.74. The molecule has 0 bridgehead atoms. The van der Waals surface area contributed by atoms with E-state index in [0.29, 0.717) is 5.82 Å². The topological polar surface area (TPSA) is 117 Å². The van der Waals surface area contributed by atoms with Crippen molar-refractivity contribution in [2.45, 2.75) is 13.0 Å². The van der Waals surface area contributed by atoms with Crippen molar-refractivity contribution in [3.63, 3.8) is 0 Å². The van der Waals surface area contributed by atoms with E-state index >= 15 is 0 Å². The molecule has 0 spiro atoms. The Labute approximate surface area is 63.8 Å². The second-order valence-corrected chi connectivity index (χ2v) is 2.20. The number of anilines is 2. The number of hydrogen-bond donors (Lipinski definition) is 3. The third-order valence-corrected chi connectivity index (χ3v) is 1.09. The summed E-state index contributed by atoms with van der Waals surface area (Å²) in [5, 5.41) is 0. The monoisotopic (exact) mass is 154 g/mol. The second kappa shape index (κ2) is 2.67. The maximum absolute atomic E-state index is 5.49. The SMILES string of the molecule is C[C@@H](N)c1nc(N)nc(N)n1. The molecule has 0 saturated carbocycles. The van der Waals surface area contributed by atoms with E-state index in [0.717, 1.165) is 0 Å². The highest BCUT2D eigenvalue weighted by atomic mass is 15.1. The maximum atomic E-state index is 5.49. The first-order chi connectivity index (χ1) is 5.09. The van der Waals surface area contributed by atoms with Gasteiger partial charge in [-0.05, 0) is 6.92 Å². The summed E-state index contributed by atoms with van der Waals surface area (Å²) >= 11 is 0. The lowest BCUT2D eigenvalue weighted by molar-refractivity contribution is 0.735. The first kappa shape index (κ1) is 7.67.